The predicted octanol–water partition coefficient (Wildman–Crippen LogP) is 2.47. The van der Waals surface area contributed by atoms with Crippen molar-refractivity contribution in [3.05, 3.63) is 27.7 Å². The summed E-state index contributed by atoms with van der Waals surface area (Å²) in [5.41, 5.74) is 5.91. The monoisotopic (exact) mass is 302 g/mol. The Bertz CT molecular complexity index is 508. The third-order valence-electron chi connectivity index (χ3n) is 3.78. The molecule has 0 aromatic heterocycles. The van der Waals surface area contributed by atoms with Gasteiger partial charge in [0.05, 0.1) is 10.0 Å². The van der Waals surface area contributed by atoms with Crippen molar-refractivity contribution < 1.29 is 9.90 Å². The van der Waals surface area contributed by atoms with Gasteiger partial charge in [-0.3, -0.25) is 4.79 Å². The molecule has 1 amide bonds. The summed E-state index contributed by atoms with van der Waals surface area (Å²) in [7, 11) is 0. The number of amides is 1. The number of nitrogens with two attached hydrogens (primary N) is 1. The van der Waals surface area contributed by atoms with Crippen LogP contribution in [0.1, 0.15) is 24.9 Å². The molecule has 0 radical (unpaired) electrons. The minimum atomic E-state index is -0.311. The molecule has 0 saturated carbocycles. The van der Waals surface area contributed by atoms with Crippen LogP contribution in [-0.4, -0.2) is 17.6 Å². The highest BCUT2D eigenvalue weighted by Crippen LogP contribution is 2.41. The Balaban J connectivity index is 2.22. The van der Waals surface area contributed by atoms with Crippen LogP contribution < -0.4 is 11.1 Å². The van der Waals surface area contributed by atoms with Gasteiger partial charge in [-0.2, -0.15) is 0 Å². The van der Waals surface area contributed by atoms with Crippen LogP contribution in [0.3, 0.4) is 0 Å². The van der Waals surface area contributed by atoms with Crippen molar-refractivity contribution in [1.82, 2.24) is 5.32 Å². The fourth-order valence-corrected chi connectivity index (χ4v) is 2.94. The van der Waals surface area contributed by atoms with E-state index in [0.717, 1.165) is 0 Å². The fraction of sp³-hybridized carbons (Fsp3) is 0.462. The Morgan fingerprint density at radius 2 is 2.21 bits per heavy atom. The van der Waals surface area contributed by atoms with Crippen LogP contribution in [0.4, 0.5) is 0 Å². The standard InChI is InChI=1S/C13H16Cl2N2O2/c1-6(13(16)19)7-4-9(17-5-7)11-10(18)3-2-8(14)12(11)15/h2-3,6-7,9,17-18H,4-5H2,1H3,(H2,16,19)/t6-,7+,9+/m0/s1. The molecule has 0 spiro atoms. The quantitative estimate of drug-likeness (QED) is 0.803. The number of aromatic hydroxyl groups is 1. The number of phenols is 1. The molecule has 2 rings (SSSR count). The molecule has 6 heteroatoms. The van der Waals surface area contributed by atoms with E-state index in [1.165, 1.54) is 6.07 Å². The van der Waals surface area contributed by atoms with Gasteiger partial charge in [0.25, 0.3) is 0 Å². The third-order valence-corrected chi connectivity index (χ3v) is 4.60. The van der Waals surface area contributed by atoms with Crippen molar-refractivity contribution in [2.24, 2.45) is 17.6 Å². The first-order valence-corrected chi connectivity index (χ1v) is 6.87. The summed E-state index contributed by atoms with van der Waals surface area (Å²) >= 11 is 12.1. The van der Waals surface area contributed by atoms with Crippen molar-refractivity contribution in [3.63, 3.8) is 0 Å². The molecule has 0 aliphatic carbocycles. The zero-order valence-electron chi connectivity index (χ0n) is 10.5. The minimum absolute atomic E-state index is 0.110. The van der Waals surface area contributed by atoms with Crippen molar-refractivity contribution >= 4 is 29.1 Å². The maximum Gasteiger partial charge on any atom is 0.220 e. The van der Waals surface area contributed by atoms with Gasteiger partial charge in [-0.25, -0.2) is 0 Å². The lowest BCUT2D eigenvalue weighted by molar-refractivity contribution is -0.122. The van der Waals surface area contributed by atoms with Gasteiger partial charge in [-0.1, -0.05) is 30.1 Å². The predicted molar refractivity (Wildman–Crippen MR) is 75.3 cm³/mol. The van der Waals surface area contributed by atoms with E-state index < -0.39 is 0 Å². The lowest BCUT2D eigenvalue weighted by atomic mass is 9.89. The number of nitrogens with one attached hydrogen (secondary N) is 1. The van der Waals surface area contributed by atoms with Gasteiger partial charge in [0.15, 0.2) is 0 Å². The van der Waals surface area contributed by atoms with Crippen LogP contribution in [0.2, 0.25) is 10.0 Å². The molecule has 0 unspecified atom stereocenters. The van der Waals surface area contributed by atoms with Gasteiger partial charge in [-0.05, 0) is 31.0 Å². The zero-order chi connectivity index (χ0) is 14.2. The Hall–Kier alpha value is -0.970. The van der Waals surface area contributed by atoms with Crippen LogP contribution in [-0.2, 0) is 4.79 Å². The van der Waals surface area contributed by atoms with E-state index in [1.54, 1.807) is 6.07 Å². The summed E-state index contributed by atoms with van der Waals surface area (Å²) in [4.78, 5) is 11.2. The molecule has 104 valence electrons. The molecular weight excluding hydrogens is 287 g/mol. The molecule has 3 atom stereocenters. The lowest BCUT2D eigenvalue weighted by Gasteiger charge is -2.17. The molecule has 19 heavy (non-hydrogen) atoms. The number of rotatable bonds is 3. The van der Waals surface area contributed by atoms with Gasteiger partial charge >= 0.3 is 0 Å². The Morgan fingerprint density at radius 1 is 1.53 bits per heavy atom. The second-order valence-corrected chi connectivity index (χ2v) is 5.73. The van der Waals surface area contributed by atoms with Crippen LogP contribution in [0.15, 0.2) is 12.1 Å². The molecule has 1 aromatic carbocycles. The molecule has 1 aliphatic heterocycles. The second-order valence-electron chi connectivity index (χ2n) is 4.94. The highest BCUT2D eigenvalue weighted by Gasteiger charge is 2.33. The topological polar surface area (TPSA) is 75.4 Å². The molecule has 1 aliphatic rings. The minimum Gasteiger partial charge on any atom is -0.508 e. The van der Waals surface area contributed by atoms with Crippen LogP contribution in [0.25, 0.3) is 0 Å². The number of halogens is 2. The zero-order valence-corrected chi connectivity index (χ0v) is 12.0. The van der Waals surface area contributed by atoms with Crippen molar-refractivity contribution in [2.45, 2.75) is 19.4 Å². The summed E-state index contributed by atoms with van der Waals surface area (Å²) in [6.07, 6.45) is 0.692. The first-order chi connectivity index (χ1) is 8.91. The molecule has 0 bridgehead atoms. The highest BCUT2D eigenvalue weighted by atomic mass is 35.5. The molecule has 1 heterocycles. The smallest absolute Gasteiger partial charge is 0.220 e. The number of carbonyl (C=O) groups is 1. The van der Waals surface area contributed by atoms with E-state index in [0.29, 0.717) is 28.6 Å². The molecule has 1 saturated heterocycles. The number of phenolic OH excluding ortho intramolecular Hbond substituents is 1. The second kappa shape index (κ2) is 5.57. The Morgan fingerprint density at radius 3 is 2.84 bits per heavy atom. The summed E-state index contributed by atoms with van der Waals surface area (Å²) in [5.74, 6) is -0.275. The summed E-state index contributed by atoms with van der Waals surface area (Å²) in [5, 5.41) is 14.0. The molecule has 1 aromatic rings. The first kappa shape index (κ1) is 14.4. The van der Waals surface area contributed by atoms with Crippen LogP contribution in [0.5, 0.6) is 5.75 Å². The molecule has 4 N–H and O–H groups in total. The molecule has 1 fully saturated rings. The van der Waals surface area contributed by atoms with E-state index in [-0.39, 0.29) is 29.5 Å². The largest absolute Gasteiger partial charge is 0.508 e. The van der Waals surface area contributed by atoms with E-state index in [2.05, 4.69) is 5.32 Å². The van der Waals surface area contributed by atoms with Crippen LogP contribution in [0, 0.1) is 11.8 Å². The Kier molecular flexibility index (Phi) is 4.23. The van der Waals surface area contributed by atoms with Crippen LogP contribution >= 0.6 is 23.2 Å². The van der Waals surface area contributed by atoms with Gasteiger partial charge in [-0.15, -0.1) is 0 Å². The van der Waals surface area contributed by atoms with E-state index >= 15 is 0 Å². The number of hydrogen-bond acceptors (Lipinski definition) is 3. The van der Waals surface area contributed by atoms with E-state index in [1.807, 2.05) is 6.92 Å². The summed E-state index contributed by atoms with van der Waals surface area (Å²) < 4.78 is 0. The first-order valence-electron chi connectivity index (χ1n) is 6.11. The van der Waals surface area contributed by atoms with Crippen molar-refractivity contribution in [3.8, 4) is 5.75 Å². The fourth-order valence-electron chi connectivity index (χ4n) is 2.48. The number of benzene rings is 1. The number of primary amides is 1. The number of carbonyl (C=O) groups excluding carboxylic acids is 1. The third kappa shape index (κ3) is 2.81. The lowest BCUT2D eigenvalue weighted by Crippen LogP contribution is -2.28. The van der Waals surface area contributed by atoms with Crippen molar-refractivity contribution in [2.75, 3.05) is 6.54 Å². The molecule has 4 nitrogen and oxygen atoms in total. The highest BCUT2D eigenvalue weighted by molar-refractivity contribution is 6.42. The van der Waals surface area contributed by atoms with Gasteiger partial charge in [0.2, 0.25) is 5.91 Å². The maximum atomic E-state index is 11.2. The number of hydrogen-bond donors (Lipinski definition) is 3. The summed E-state index contributed by atoms with van der Waals surface area (Å²) in [6.45, 7) is 2.48. The van der Waals surface area contributed by atoms with Gasteiger partial charge in [0, 0.05) is 17.5 Å². The van der Waals surface area contributed by atoms with E-state index in [9.17, 15) is 9.90 Å². The molecular formula is C13H16Cl2N2O2. The average Bonchev–Trinajstić information content (AvgIpc) is 2.82. The van der Waals surface area contributed by atoms with Gasteiger partial charge in [0.1, 0.15) is 5.75 Å². The Labute approximate surface area is 121 Å². The SMILES string of the molecule is C[C@H](C(N)=O)[C@H]1CN[C@@H](c2c(O)ccc(Cl)c2Cl)C1. The van der Waals surface area contributed by atoms with Crippen molar-refractivity contribution in [1.29, 1.82) is 0 Å². The summed E-state index contributed by atoms with van der Waals surface area (Å²) in [6, 6.07) is 2.97. The van der Waals surface area contributed by atoms with Gasteiger partial charge < -0.3 is 16.2 Å². The normalized spacial score (nSPS) is 24.4. The maximum absolute atomic E-state index is 11.2. The van der Waals surface area contributed by atoms with E-state index in [4.69, 9.17) is 28.9 Å². The average molecular weight is 303 g/mol.